The Morgan fingerprint density at radius 2 is 2.25 bits per heavy atom. The number of aromatic nitrogens is 1. The first-order chi connectivity index (χ1) is 9.40. The second kappa shape index (κ2) is 6.15. The molecule has 0 spiro atoms. The van der Waals surface area contributed by atoms with Crippen molar-refractivity contribution in [2.45, 2.75) is 11.4 Å². The quantitative estimate of drug-likeness (QED) is 0.807. The van der Waals surface area contributed by atoms with Gasteiger partial charge in [0.25, 0.3) is 0 Å². The number of benzene rings is 1. The van der Waals surface area contributed by atoms with Gasteiger partial charge in [-0.15, -0.1) is 11.3 Å². The second-order valence-electron chi connectivity index (χ2n) is 3.81. The van der Waals surface area contributed by atoms with Gasteiger partial charge in [-0.1, -0.05) is 29.9 Å². The van der Waals surface area contributed by atoms with E-state index in [1.807, 2.05) is 0 Å². The van der Waals surface area contributed by atoms with Crippen LogP contribution in [-0.4, -0.2) is 18.4 Å². The summed E-state index contributed by atoms with van der Waals surface area (Å²) in [6, 6.07) is 4.38. The number of nitrogens with two attached hydrogens (primary N) is 1. The van der Waals surface area contributed by atoms with Gasteiger partial charge in [0.1, 0.15) is 9.88 Å². The molecule has 0 aliphatic heterocycles. The maximum atomic E-state index is 12.2. The number of thiazole rings is 1. The minimum atomic E-state index is -3.76. The molecule has 2 rings (SSSR count). The van der Waals surface area contributed by atoms with E-state index in [2.05, 4.69) is 9.71 Å². The van der Waals surface area contributed by atoms with Crippen LogP contribution in [0.3, 0.4) is 0 Å². The van der Waals surface area contributed by atoms with Crippen LogP contribution >= 0.6 is 35.2 Å². The van der Waals surface area contributed by atoms with Crippen molar-refractivity contribution in [3.63, 3.8) is 0 Å². The van der Waals surface area contributed by atoms with E-state index in [1.54, 1.807) is 17.0 Å². The molecule has 3 N–H and O–H groups in total. The van der Waals surface area contributed by atoms with Crippen LogP contribution in [-0.2, 0) is 16.6 Å². The fraction of sp³-hybridized carbons (Fsp3) is 0.0909. The van der Waals surface area contributed by atoms with Crippen molar-refractivity contribution in [2.75, 3.05) is 0 Å². The Kier molecular flexibility index (Phi) is 4.71. The Hall–Kier alpha value is -1.06. The number of halogens is 1. The van der Waals surface area contributed by atoms with Crippen LogP contribution in [0.15, 0.2) is 34.0 Å². The molecule has 5 nitrogen and oxygen atoms in total. The monoisotopic (exact) mass is 347 g/mol. The van der Waals surface area contributed by atoms with E-state index in [0.29, 0.717) is 11.3 Å². The first-order valence-corrected chi connectivity index (χ1v) is 8.57. The van der Waals surface area contributed by atoms with E-state index in [0.717, 1.165) is 0 Å². The molecule has 0 atom stereocenters. The topological polar surface area (TPSA) is 85.1 Å². The van der Waals surface area contributed by atoms with Crippen molar-refractivity contribution in [3.05, 3.63) is 45.4 Å². The zero-order chi connectivity index (χ0) is 14.8. The molecule has 0 saturated heterocycles. The van der Waals surface area contributed by atoms with Crippen molar-refractivity contribution in [1.29, 1.82) is 0 Å². The number of nitrogens with one attached hydrogen (secondary N) is 1. The Labute approximate surface area is 130 Å². The minimum absolute atomic E-state index is 0.0558. The third-order valence-corrected chi connectivity index (χ3v) is 5.19. The van der Waals surface area contributed by atoms with Crippen molar-refractivity contribution in [2.24, 2.45) is 5.73 Å². The maximum Gasteiger partial charge on any atom is 0.242 e. The average Bonchev–Trinajstić information content (AvgIpc) is 2.89. The summed E-state index contributed by atoms with van der Waals surface area (Å²) < 4.78 is 26.9. The van der Waals surface area contributed by atoms with Gasteiger partial charge in [0, 0.05) is 10.9 Å². The molecule has 0 saturated carbocycles. The highest BCUT2D eigenvalue weighted by Gasteiger charge is 2.19. The summed E-state index contributed by atoms with van der Waals surface area (Å²) in [5, 5.41) is 1.87. The number of sulfonamides is 1. The third kappa shape index (κ3) is 3.53. The Bertz CT molecular complexity index is 729. The Morgan fingerprint density at radius 1 is 1.50 bits per heavy atom. The highest BCUT2D eigenvalue weighted by atomic mass is 35.5. The molecule has 0 bridgehead atoms. The molecule has 2 aromatic rings. The highest BCUT2D eigenvalue weighted by molar-refractivity contribution is 7.89. The van der Waals surface area contributed by atoms with Gasteiger partial charge in [0.2, 0.25) is 10.0 Å². The summed E-state index contributed by atoms with van der Waals surface area (Å²) in [6.45, 7) is 0.0967. The number of hydrogen-bond donors (Lipinski definition) is 2. The van der Waals surface area contributed by atoms with Gasteiger partial charge >= 0.3 is 0 Å². The van der Waals surface area contributed by atoms with Gasteiger partial charge in [0.05, 0.1) is 22.8 Å². The summed E-state index contributed by atoms with van der Waals surface area (Å²) >= 11 is 12.1. The number of thiocarbonyl (C=S) groups is 1. The van der Waals surface area contributed by atoms with Crippen molar-refractivity contribution in [1.82, 2.24) is 9.71 Å². The normalized spacial score (nSPS) is 11.4. The molecule has 0 fully saturated rings. The predicted molar refractivity (Wildman–Crippen MR) is 83.5 cm³/mol. The lowest BCUT2D eigenvalue weighted by Gasteiger charge is -2.09. The van der Waals surface area contributed by atoms with E-state index in [1.165, 1.54) is 23.5 Å². The molecule has 0 aliphatic rings. The Morgan fingerprint density at radius 3 is 2.85 bits per heavy atom. The zero-order valence-electron chi connectivity index (χ0n) is 10.0. The van der Waals surface area contributed by atoms with Gasteiger partial charge in [0.15, 0.2) is 0 Å². The summed E-state index contributed by atoms with van der Waals surface area (Å²) in [5.41, 5.74) is 8.20. The van der Waals surface area contributed by atoms with Crippen LogP contribution < -0.4 is 10.5 Å². The first-order valence-electron chi connectivity index (χ1n) is 5.36. The number of nitrogens with zero attached hydrogens (tertiary/aromatic N) is 1. The van der Waals surface area contributed by atoms with E-state index in [-0.39, 0.29) is 21.5 Å². The van der Waals surface area contributed by atoms with Gasteiger partial charge in [-0.2, -0.15) is 0 Å². The SMILES string of the molecule is NC(=S)c1ccc(Cl)c(S(=O)(=O)NCc2cscn2)c1. The van der Waals surface area contributed by atoms with Crippen LogP contribution in [0, 0.1) is 0 Å². The van der Waals surface area contributed by atoms with E-state index >= 15 is 0 Å². The lowest BCUT2D eigenvalue weighted by Crippen LogP contribution is -2.24. The number of rotatable bonds is 5. The molecule has 0 unspecified atom stereocenters. The molecule has 1 aromatic heterocycles. The van der Waals surface area contributed by atoms with Gasteiger partial charge in [-0.25, -0.2) is 18.1 Å². The van der Waals surface area contributed by atoms with Crippen LogP contribution in [0.4, 0.5) is 0 Å². The molecule has 20 heavy (non-hydrogen) atoms. The molecule has 0 aliphatic carbocycles. The molecule has 0 amide bonds. The molecule has 9 heteroatoms. The lowest BCUT2D eigenvalue weighted by atomic mass is 10.2. The van der Waals surface area contributed by atoms with Crippen molar-refractivity contribution < 1.29 is 8.42 Å². The van der Waals surface area contributed by atoms with Gasteiger partial charge < -0.3 is 5.73 Å². The smallest absolute Gasteiger partial charge is 0.242 e. The summed E-state index contributed by atoms with van der Waals surface area (Å²) in [4.78, 5) is 4.05. The minimum Gasteiger partial charge on any atom is -0.389 e. The van der Waals surface area contributed by atoms with Gasteiger partial charge in [-0.05, 0) is 12.1 Å². The predicted octanol–water partition coefficient (Wildman–Crippen LogP) is 1.91. The van der Waals surface area contributed by atoms with E-state index in [9.17, 15) is 8.42 Å². The van der Waals surface area contributed by atoms with E-state index < -0.39 is 10.0 Å². The fourth-order valence-electron chi connectivity index (χ4n) is 1.43. The lowest BCUT2D eigenvalue weighted by molar-refractivity contribution is 0.580. The van der Waals surface area contributed by atoms with Crippen LogP contribution in [0.2, 0.25) is 5.02 Å². The zero-order valence-corrected chi connectivity index (χ0v) is 13.2. The molecule has 106 valence electrons. The third-order valence-electron chi connectivity index (χ3n) is 2.43. The summed E-state index contributed by atoms with van der Waals surface area (Å²) in [6.07, 6.45) is 0. The summed E-state index contributed by atoms with van der Waals surface area (Å²) in [7, 11) is -3.76. The maximum absolute atomic E-state index is 12.2. The van der Waals surface area contributed by atoms with Crippen LogP contribution in [0.5, 0.6) is 0 Å². The fourth-order valence-corrected chi connectivity index (χ4v) is 3.64. The standard InChI is InChI=1S/C11H10ClN3O2S3/c12-9-2-1-7(11(13)18)3-10(9)20(16,17)15-4-8-5-19-6-14-8/h1-3,5-6,15H,4H2,(H2,13,18). The molecular formula is C11H10ClN3O2S3. The molecule has 1 aromatic carbocycles. The number of hydrogen-bond acceptors (Lipinski definition) is 5. The largest absolute Gasteiger partial charge is 0.389 e. The molecule has 0 radical (unpaired) electrons. The average molecular weight is 348 g/mol. The van der Waals surface area contributed by atoms with Gasteiger partial charge in [-0.3, -0.25) is 0 Å². The molecule has 1 heterocycles. The van der Waals surface area contributed by atoms with Crippen molar-refractivity contribution >= 4 is 50.2 Å². The van der Waals surface area contributed by atoms with E-state index in [4.69, 9.17) is 29.6 Å². The highest BCUT2D eigenvalue weighted by Crippen LogP contribution is 2.22. The summed E-state index contributed by atoms with van der Waals surface area (Å²) in [5.74, 6) is 0. The Balaban J connectivity index is 2.28. The van der Waals surface area contributed by atoms with Crippen molar-refractivity contribution in [3.8, 4) is 0 Å². The molecular weight excluding hydrogens is 338 g/mol. The van der Waals surface area contributed by atoms with Crippen LogP contribution in [0.25, 0.3) is 0 Å². The second-order valence-corrected chi connectivity index (χ2v) is 7.11. The first kappa shape index (κ1) is 15.3. The van der Waals surface area contributed by atoms with Crippen LogP contribution in [0.1, 0.15) is 11.3 Å².